The average Bonchev–Trinajstić information content (AvgIpc) is 2.38. The van der Waals surface area contributed by atoms with Crippen molar-refractivity contribution in [3.63, 3.8) is 0 Å². The van der Waals surface area contributed by atoms with Gasteiger partial charge in [-0.15, -0.1) is 11.6 Å². The minimum Gasteiger partial charge on any atom is -0.507 e. The van der Waals surface area contributed by atoms with Crippen molar-refractivity contribution in [1.82, 2.24) is 5.32 Å². The molecule has 18 heavy (non-hydrogen) atoms. The molecule has 0 aliphatic heterocycles. The van der Waals surface area contributed by atoms with Crippen molar-refractivity contribution in [1.29, 1.82) is 0 Å². The number of amides is 1. The predicted molar refractivity (Wildman–Crippen MR) is 72.0 cm³/mol. The molecule has 2 atom stereocenters. The van der Waals surface area contributed by atoms with Crippen LogP contribution in [0.25, 0.3) is 0 Å². The van der Waals surface area contributed by atoms with E-state index in [1.54, 1.807) is 18.2 Å². The largest absolute Gasteiger partial charge is 0.507 e. The smallest absolute Gasteiger partial charge is 0.255 e. The first kappa shape index (κ1) is 13.2. The number of carbonyl (C=O) groups is 1. The van der Waals surface area contributed by atoms with E-state index in [4.69, 9.17) is 11.6 Å². The van der Waals surface area contributed by atoms with Gasteiger partial charge >= 0.3 is 0 Å². The SMILES string of the molecule is O=C(NCC1CCCCC1Cl)c1ccccc1O. The lowest BCUT2D eigenvalue weighted by atomic mass is 9.88. The average molecular weight is 268 g/mol. The van der Waals surface area contributed by atoms with Gasteiger partial charge in [0.25, 0.3) is 5.91 Å². The van der Waals surface area contributed by atoms with E-state index in [1.807, 2.05) is 0 Å². The van der Waals surface area contributed by atoms with E-state index in [-0.39, 0.29) is 17.0 Å². The van der Waals surface area contributed by atoms with Crippen LogP contribution in [-0.4, -0.2) is 22.9 Å². The molecule has 1 amide bonds. The number of hydrogen-bond donors (Lipinski definition) is 2. The number of carbonyl (C=O) groups excluding carboxylic acids is 1. The van der Waals surface area contributed by atoms with Crippen molar-refractivity contribution in [2.75, 3.05) is 6.54 Å². The van der Waals surface area contributed by atoms with Crippen molar-refractivity contribution in [3.05, 3.63) is 29.8 Å². The fraction of sp³-hybridized carbons (Fsp3) is 0.500. The third-order valence-corrected chi connectivity index (χ3v) is 4.06. The molecule has 0 saturated heterocycles. The van der Waals surface area contributed by atoms with Crippen LogP contribution in [0.5, 0.6) is 5.75 Å². The maximum Gasteiger partial charge on any atom is 0.255 e. The van der Waals surface area contributed by atoms with Gasteiger partial charge in [0.05, 0.1) is 5.56 Å². The van der Waals surface area contributed by atoms with Gasteiger partial charge in [0.2, 0.25) is 0 Å². The van der Waals surface area contributed by atoms with Gasteiger partial charge in [0, 0.05) is 11.9 Å². The Labute approximate surface area is 112 Å². The van der Waals surface area contributed by atoms with Crippen LogP contribution >= 0.6 is 11.6 Å². The summed E-state index contributed by atoms with van der Waals surface area (Å²) in [4.78, 5) is 11.9. The standard InChI is InChI=1S/C14H18ClNO2/c15-12-7-3-1-5-10(12)9-16-14(18)11-6-2-4-8-13(11)17/h2,4,6,8,10,12,17H,1,3,5,7,9H2,(H,16,18). The molecule has 0 heterocycles. The summed E-state index contributed by atoms with van der Waals surface area (Å²) in [5, 5.41) is 12.6. The Balaban J connectivity index is 1.90. The summed E-state index contributed by atoms with van der Waals surface area (Å²) in [6, 6.07) is 6.56. The molecule has 1 fully saturated rings. The summed E-state index contributed by atoms with van der Waals surface area (Å²) >= 11 is 6.24. The molecule has 1 aliphatic carbocycles. The van der Waals surface area contributed by atoms with E-state index in [0.29, 0.717) is 18.0 Å². The summed E-state index contributed by atoms with van der Waals surface area (Å²) in [5.41, 5.74) is 0.319. The van der Waals surface area contributed by atoms with Crippen molar-refractivity contribution in [2.45, 2.75) is 31.1 Å². The lowest BCUT2D eigenvalue weighted by Crippen LogP contribution is -2.34. The molecule has 1 aromatic rings. The lowest BCUT2D eigenvalue weighted by Gasteiger charge is -2.27. The molecule has 1 aromatic carbocycles. The van der Waals surface area contributed by atoms with Crippen molar-refractivity contribution in [2.24, 2.45) is 5.92 Å². The van der Waals surface area contributed by atoms with Crippen molar-refractivity contribution >= 4 is 17.5 Å². The molecule has 0 spiro atoms. The normalized spacial score (nSPS) is 23.6. The van der Waals surface area contributed by atoms with Gasteiger partial charge in [-0.05, 0) is 30.9 Å². The Hall–Kier alpha value is -1.22. The van der Waals surface area contributed by atoms with Gasteiger partial charge in [-0.3, -0.25) is 4.79 Å². The van der Waals surface area contributed by atoms with E-state index >= 15 is 0 Å². The second-order valence-electron chi connectivity index (χ2n) is 4.79. The van der Waals surface area contributed by atoms with Crippen molar-refractivity contribution < 1.29 is 9.90 Å². The first-order valence-electron chi connectivity index (χ1n) is 6.38. The number of aromatic hydroxyl groups is 1. The van der Waals surface area contributed by atoms with Crippen LogP contribution in [0.4, 0.5) is 0 Å². The molecule has 2 unspecified atom stereocenters. The van der Waals surface area contributed by atoms with Crippen molar-refractivity contribution in [3.8, 4) is 5.75 Å². The zero-order chi connectivity index (χ0) is 13.0. The highest BCUT2D eigenvalue weighted by Crippen LogP contribution is 2.28. The van der Waals surface area contributed by atoms with Crippen LogP contribution in [0.2, 0.25) is 0 Å². The van der Waals surface area contributed by atoms with E-state index in [2.05, 4.69) is 5.32 Å². The van der Waals surface area contributed by atoms with Gasteiger partial charge in [-0.2, -0.15) is 0 Å². The Bertz CT molecular complexity index is 422. The first-order chi connectivity index (χ1) is 8.68. The highest BCUT2D eigenvalue weighted by Gasteiger charge is 2.23. The first-order valence-corrected chi connectivity index (χ1v) is 6.82. The monoisotopic (exact) mass is 267 g/mol. The van der Waals surface area contributed by atoms with Crippen LogP contribution in [0.1, 0.15) is 36.0 Å². The lowest BCUT2D eigenvalue weighted by molar-refractivity contribution is 0.0941. The van der Waals surface area contributed by atoms with E-state index in [1.165, 1.54) is 18.9 Å². The number of nitrogens with one attached hydrogen (secondary N) is 1. The Morgan fingerprint density at radius 3 is 2.78 bits per heavy atom. The molecule has 3 nitrogen and oxygen atoms in total. The summed E-state index contributed by atoms with van der Waals surface area (Å²) in [6.45, 7) is 0.585. The Morgan fingerprint density at radius 1 is 1.33 bits per heavy atom. The second-order valence-corrected chi connectivity index (χ2v) is 5.35. The summed E-state index contributed by atoms with van der Waals surface area (Å²) < 4.78 is 0. The zero-order valence-corrected chi connectivity index (χ0v) is 11.0. The predicted octanol–water partition coefficient (Wildman–Crippen LogP) is 2.92. The van der Waals surface area contributed by atoms with Gasteiger partial charge < -0.3 is 10.4 Å². The topological polar surface area (TPSA) is 49.3 Å². The van der Waals surface area contributed by atoms with E-state index < -0.39 is 0 Å². The molecule has 2 rings (SSSR count). The molecule has 2 N–H and O–H groups in total. The molecule has 98 valence electrons. The zero-order valence-electron chi connectivity index (χ0n) is 10.2. The van der Waals surface area contributed by atoms with Gasteiger partial charge in [-0.1, -0.05) is 25.0 Å². The number of benzene rings is 1. The van der Waals surface area contributed by atoms with Crippen LogP contribution in [0.3, 0.4) is 0 Å². The molecule has 0 aromatic heterocycles. The minimum atomic E-state index is -0.234. The highest BCUT2D eigenvalue weighted by molar-refractivity contribution is 6.20. The maximum absolute atomic E-state index is 11.9. The molecule has 0 bridgehead atoms. The van der Waals surface area contributed by atoms with Crippen LogP contribution in [-0.2, 0) is 0 Å². The van der Waals surface area contributed by atoms with Crippen LogP contribution in [0, 0.1) is 5.92 Å². The number of rotatable bonds is 3. The number of phenols is 1. The van der Waals surface area contributed by atoms with Gasteiger partial charge in [0.15, 0.2) is 0 Å². The molecule has 1 aliphatic rings. The Kier molecular flexibility index (Phi) is 4.48. The minimum absolute atomic E-state index is 0.0149. The third kappa shape index (κ3) is 3.16. The number of hydrogen-bond acceptors (Lipinski definition) is 2. The van der Waals surface area contributed by atoms with Crippen LogP contribution in [0.15, 0.2) is 24.3 Å². The summed E-state index contributed by atoms with van der Waals surface area (Å²) in [6.07, 6.45) is 4.45. The van der Waals surface area contributed by atoms with E-state index in [0.717, 1.165) is 12.8 Å². The maximum atomic E-state index is 11.9. The molecular weight excluding hydrogens is 250 g/mol. The van der Waals surface area contributed by atoms with E-state index in [9.17, 15) is 9.90 Å². The number of halogens is 1. The van der Waals surface area contributed by atoms with Gasteiger partial charge in [0.1, 0.15) is 5.75 Å². The molecule has 4 heteroatoms. The number of para-hydroxylation sites is 1. The fourth-order valence-corrected chi connectivity index (χ4v) is 2.75. The number of alkyl halides is 1. The molecule has 1 saturated carbocycles. The molecule has 0 radical (unpaired) electrons. The molecular formula is C14H18ClNO2. The quantitative estimate of drug-likeness (QED) is 0.828. The van der Waals surface area contributed by atoms with Gasteiger partial charge in [-0.25, -0.2) is 0 Å². The van der Waals surface area contributed by atoms with Crippen LogP contribution < -0.4 is 5.32 Å². The fourth-order valence-electron chi connectivity index (χ4n) is 2.38. The second kappa shape index (κ2) is 6.10. The number of phenolic OH excluding ortho intramolecular Hbond substituents is 1. The highest BCUT2D eigenvalue weighted by atomic mass is 35.5. The summed E-state index contributed by atoms with van der Waals surface area (Å²) in [5.74, 6) is 0.124. The third-order valence-electron chi connectivity index (χ3n) is 3.49. The Morgan fingerprint density at radius 2 is 2.06 bits per heavy atom. The summed E-state index contributed by atoms with van der Waals surface area (Å²) in [7, 11) is 0.